The third kappa shape index (κ3) is 3.97. The minimum atomic E-state index is -0.864. The quantitative estimate of drug-likeness (QED) is 0.883. The second kappa shape index (κ2) is 7.09. The monoisotopic (exact) mass is 313 g/mol. The summed E-state index contributed by atoms with van der Waals surface area (Å²) in [5.41, 5.74) is 1.95. The van der Waals surface area contributed by atoms with E-state index in [1.165, 1.54) is 12.8 Å². The van der Waals surface area contributed by atoms with E-state index in [2.05, 4.69) is 14.9 Å². The lowest BCUT2D eigenvalue weighted by molar-refractivity contribution is -0.137. The molecule has 2 aromatic rings. The first-order valence-electron chi connectivity index (χ1n) is 7.74. The van der Waals surface area contributed by atoms with Gasteiger partial charge in [0.1, 0.15) is 5.75 Å². The zero-order chi connectivity index (χ0) is 16.1. The Hall–Kier alpha value is -2.63. The minimum Gasteiger partial charge on any atom is -0.493 e. The summed E-state index contributed by atoms with van der Waals surface area (Å²) in [6, 6.07) is 7.49. The van der Waals surface area contributed by atoms with Crippen LogP contribution in [0.1, 0.15) is 19.3 Å². The van der Waals surface area contributed by atoms with Gasteiger partial charge < -0.3 is 14.7 Å². The first-order chi connectivity index (χ1) is 11.2. The lowest BCUT2D eigenvalue weighted by Gasteiger charge is -2.14. The molecule has 0 atom stereocenters. The van der Waals surface area contributed by atoms with Gasteiger partial charge >= 0.3 is 5.97 Å². The Morgan fingerprint density at radius 2 is 1.74 bits per heavy atom. The SMILES string of the molecule is O=C(O)CCOc1ccc(-c2cnc(N3CCCC3)nc2)cc1. The molecule has 1 N–H and O–H groups in total. The first-order valence-corrected chi connectivity index (χ1v) is 7.74. The number of hydrogen-bond acceptors (Lipinski definition) is 5. The molecule has 0 saturated carbocycles. The molecule has 1 fully saturated rings. The number of carboxylic acids is 1. The van der Waals surface area contributed by atoms with Gasteiger partial charge in [-0.1, -0.05) is 12.1 Å². The van der Waals surface area contributed by atoms with Crippen molar-refractivity contribution < 1.29 is 14.6 Å². The summed E-state index contributed by atoms with van der Waals surface area (Å²) in [6.45, 7) is 2.23. The van der Waals surface area contributed by atoms with Crippen molar-refractivity contribution in [3.8, 4) is 16.9 Å². The molecule has 0 radical (unpaired) electrons. The second-order valence-electron chi connectivity index (χ2n) is 5.48. The smallest absolute Gasteiger partial charge is 0.306 e. The van der Waals surface area contributed by atoms with Gasteiger partial charge in [0.15, 0.2) is 0 Å². The maximum atomic E-state index is 10.5. The Bertz CT molecular complexity index is 650. The second-order valence-corrected chi connectivity index (χ2v) is 5.48. The molecule has 0 unspecified atom stereocenters. The highest BCUT2D eigenvalue weighted by atomic mass is 16.5. The number of rotatable bonds is 6. The van der Waals surface area contributed by atoms with Crippen molar-refractivity contribution in [2.45, 2.75) is 19.3 Å². The molecule has 0 amide bonds. The molecule has 0 aliphatic carbocycles. The van der Waals surface area contributed by atoms with E-state index in [9.17, 15) is 4.79 Å². The molecular formula is C17H19N3O3. The van der Waals surface area contributed by atoms with Crippen LogP contribution in [0, 0.1) is 0 Å². The van der Waals surface area contributed by atoms with Crippen molar-refractivity contribution in [2.24, 2.45) is 0 Å². The average Bonchev–Trinajstić information content (AvgIpc) is 3.10. The summed E-state index contributed by atoms with van der Waals surface area (Å²) in [7, 11) is 0. The van der Waals surface area contributed by atoms with Crippen LogP contribution >= 0.6 is 0 Å². The predicted octanol–water partition coefficient (Wildman–Crippen LogP) is 2.60. The van der Waals surface area contributed by atoms with Crippen LogP contribution < -0.4 is 9.64 Å². The van der Waals surface area contributed by atoms with Crippen LogP contribution in [0.4, 0.5) is 5.95 Å². The number of aliphatic carboxylic acids is 1. The summed E-state index contributed by atoms with van der Waals surface area (Å²) in [6.07, 6.45) is 6.07. The Morgan fingerprint density at radius 3 is 2.35 bits per heavy atom. The largest absolute Gasteiger partial charge is 0.493 e. The minimum absolute atomic E-state index is 0.00640. The molecule has 1 aliphatic heterocycles. The first kappa shape index (κ1) is 15.3. The number of hydrogen-bond donors (Lipinski definition) is 1. The molecule has 1 aliphatic rings. The van der Waals surface area contributed by atoms with Gasteiger partial charge in [-0.2, -0.15) is 0 Å². The highest BCUT2D eigenvalue weighted by Gasteiger charge is 2.14. The fourth-order valence-electron chi connectivity index (χ4n) is 2.55. The van der Waals surface area contributed by atoms with Crippen LogP contribution in [0.5, 0.6) is 5.75 Å². The fraction of sp³-hybridized carbons (Fsp3) is 0.353. The van der Waals surface area contributed by atoms with E-state index in [0.717, 1.165) is 30.2 Å². The maximum absolute atomic E-state index is 10.5. The Balaban J connectivity index is 1.63. The van der Waals surface area contributed by atoms with E-state index in [0.29, 0.717) is 5.75 Å². The van der Waals surface area contributed by atoms with Gasteiger partial charge in [-0.3, -0.25) is 4.79 Å². The van der Waals surface area contributed by atoms with Gasteiger partial charge in [-0.05, 0) is 30.5 Å². The highest BCUT2D eigenvalue weighted by Crippen LogP contribution is 2.23. The zero-order valence-electron chi connectivity index (χ0n) is 12.8. The molecule has 0 bridgehead atoms. The topological polar surface area (TPSA) is 75.6 Å². The summed E-state index contributed by atoms with van der Waals surface area (Å²) in [5.74, 6) is 0.585. The molecule has 120 valence electrons. The van der Waals surface area contributed by atoms with E-state index < -0.39 is 5.97 Å². The molecule has 1 aromatic heterocycles. The van der Waals surface area contributed by atoms with Gasteiger partial charge in [0.2, 0.25) is 5.95 Å². The van der Waals surface area contributed by atoms with E-state index in [1.807, 2.05) is 36.7 Å². The van der Waals surface area contributed by atoms with Gasteiger partial charge in [0.25, 0.3) is 0 Å². The number of anilines is 1. The summed E-state index contributed by atoms with van der Waals surface area (Å²) in [4.78, 5) is 21.5. The van der Waals surface area contributed by atoms with Crippen molar-refractivity contribution >= 4 is 11.9 Å². The fourth-order valence-corrected chi connectivity index (χ4v) is 2.55. The Kier molecular flexibility index (Phi) is 4.71. The van der Waals surface area contributed by atoms with Crippen molar-refractivity contribution in [3.05, 3.63) is 36.7 Å². The molecule has 23 heavy (non-hydrogen) atoms. The molecule has 6 nitrogen and oxygen atoms in total. The van der Waals surface area contributed by atoms with Crippen LogP contribution in [-0.4, -0.2) is 40.7 Å². The predicted molar refractivity (Wildman–Crippen MR) is 86.7 cm³/mol. The third-order valence-corrected chi connectivity index (χ3v) is 3.80. The zero-order valence-corrected chi connectivity index (χ0v) is 12.8. The van der Waals surface area contributed by atoms with Gasteiger partial charge in [-0.25, -0.2) is 9.97 Å². The van der Waals surface area contributed by atoms with Crippen molar-refractivity contribution in [1.29, 1.82) is 0 Å². The Morgan fingerprint density at radius 1 is 1.09 bits per heavy atom. The van der Waals surface area contributed by atoms with E-state index >= 15 is 0 Å². The van der Waals surface area contributed by atoms with Crippen LogP contribution in [0.3, 0.4) is 0 Å². The summed E-state index contributed by atoms with van der Waals surface area (Å²) < 4.78 is 5.38. The van der Waals surface area contributed by atoms with Crippen molar-refractivity contribution in [1.82, 2.24) is 9.97 Å². The van der Waals surface area contributed by atoms with E-state index in [1.54, 1.807) is 0 Å². The number of carboxylic acid groups (broad SMARTS) is 1. The molecule has 6 heteroatoms. The number of aromatic nitrogens is 2. The number of ether oxygens (including phenoxy) is 1. The number of benzene rings is 1. The van der Waals surface area contributed by atoms with Gasteiger partial charge in [-0.15, -0.1) is 0 Å². The molecule has 2 heterocycles. The van der Waals surface area contributed by atoms with Gasteiger partial charge in [0.05, 0.1) is 13.0 Å². The standard InChI is InChI=1S/C17H19N3O3/c21-16(22)7-10-23-15-5-3-13(4-6-15)14-11-18-17(19-12-14)20-8-1-2-9-20/h3-6,11-12H,1-2,7-10H2,(H,21,22). The van der Waals surface area contributed by atoms with E-state index in [-0.39, 0.29) is 13.0 Å². The lowest BCUT2D eigenvalue weighted by atomic mass is 10.1. The third-order valence-electron chi connectivity index (χ3n) is 3.80. The van der Waals surface area contributed by atoms with Crippen LogP contribution in [-0.2, 0) is 4.79 Å². The molecule has 1 aromatic carbocycles. The average molecular weight is 313 g/mol. The molecule has 1 saturated heterocycles. The lowest BCUT2D eigenvalue weighted by Crippen LogP contribution is -2.20. The molecule has 0 spiro atoms. The van der Waals surface area contributed by atoms with Crippen LogP contribution in [0.15, 0.2) is 36.7 Å². The summed E-state index contributed by atoms with van der Waals surface area (Å²) in [5, 5.41) is 8.59. The molecular weight excluding hydrogens is 294 g/mol. The number of nitrogens with zero attached hydrogens (tertiary/aromatic N) is 3. The van der Waals surface area contributed by atoms with Crippen molar-refractivity contribution in [3.63, 3.8) is 0 Å². The summed E-state index contributed by atoms with van der Waals surface area (Å²) >= 11 is 0. The number of carbonyl (C=O) groups is 1. The van der Waals surface area contributed by atoms with Gasteiger partial charge in [0, 0.05) is 31.0 Å². The maximum Gasteiger partial charge on any atom is 0.306 e. The highest BCUT2D eigenvalue weighted by molar-refractivity contribution is 5.66. The molecule has 3 rings (SSSR count). The van der Waals surface area contributed by atoms with Crippen LogP contribution in [0.2, 0.25) is 0 Å². The van der Waals surface area contributed by atoms with E-state index in [4.69, 9.17) is 9.84 Å². The van der Waals surface area contributed by atoms with Crippen LogP contribution in [0.25, 0.3) is 11.1 Å². The normalized spacial score (nSPS) is 14.0. The van der Waals surface area contributed by atoms with Crippen molar-refractivity contribution in [2.75, 3.05) is 24.6 Å². The Labute approximate surface area is 134 Å².